The van der Waals surface area contributed by atoms with Gasteiger partial charge >= 0.3 is 0 Å². The first-order valence-electron chi connectivity index (χ1n) is 4.25. The summed E-state index contributed by atoms with van der Waals surface area (Å²) in [6.07, 6.45) is 1.16. The van der Waals surface area contributed by atoms with E-state index in [9.17, 15) is 0 Å². The van der Waals surface area contributed by atoms with Crippen LogP contribution in [0, 0.1) is 0 Å². The van der Waals surface area contributed by atoms with Gasteiger partial charge in [0.15, 0.2) is 5.88 Å². The third kappa shape index (κ3) is 7.41. The molecule has 0 aromatic rings. The smallest absolute Gasteiger partial charge is 0.179 e. The molecule has 3 heteroatoms. The SMILES string of the molecule is C=C(NCCCOC)OC(C)C. The number of ether oxygens (including phenoxy) is 2. The summed E-state index contributed by atoms with van der Waals surface area (Å²) in [5, 5.41) is 3.05. The molecule has 0 spiro atoms. The maximum absolute atomic E-state index is 5.28. The van der Waals surface area contributed by atoms with E-state index in [1.807, 2.05) is 13.8 Å². The molecule has 0 atom stereocenters. The van der Waals surface area contributed by atoms with Gasteiger partial charge in [-0.05, 0) is 26.8 Å². The Labute approximate surface area is 74.7 Å². The Bertz CT molecular complexity index is 124. The second-order valence-corrected chi connectivity index (χ2v) is 2.86. The zero-order valence-electron chi connectivity index (χ0n) is 8.22. The monoisotopic (exact) mass is 173 g/mol. The van der Waals surface area contributed by atoms with E-state index in [1.54, 1.807) is 7.11 Å². The van der Waals surface area contributed by atoms with Crippen molar-refractivity contribution in [3.8, 4) is 0 Å². The van der Waals surface area contributed by atoms with Crippen molar-refractivity contribution < 1.29 is 9.47 Å². The molecule has 0 saturated carbocycles. The van der Waals surface area contributed by atoms with Crippen molar-refractivity contribution in [1.82, 2.24) is 5.32 Å². The van der Waals surface area contributed by atoms with E-state index >= 15 is 0 Å². The van der Waals surface area contributed by atoms with Crippen LogP contribution in [-0.2, 0) is 9.47 Å². The van der Waals surface area contributed by atoms with Gasteiger partial charge in [0.1, 0.15) is 0 Å². The molecule has 0 amide bonds. The van der Waals surface area contributed by atoms with Crippen molar-refractivity contribution in [2.75, 3.05) is 20.3 Å². The predicted octanol–water partition coefficient (Wildman–Crippen LogP) is 1.51. The van der Waals surface area contributed by atoms with Crippen LogP contribution < -0.4 is 5.32 Å². The average molecular weight is 173 g/mol. The van der Waals surface area contributed by atoms with Crippen LogP contribution >= 0.6 is 0 Å². The Kier molecular flexibility index (Phi) is 6.57. The van der Waals surface area contributed by atoms with Gasteiger partial charge in [0.05, 0.1) is 6.10 Å². The van der Waals surface area contributed by atoms with Gasteiger partial charge in [0, 0.05) is 20.3 Å². The number of methoxy groups -OCH3 is 1. The topological polar surface area (TPSA) is 30.5 Å². The molecule has 0 fully saturated rings. The Morgan fingerprint density at radius 2 is 2.17 bits per heavy atom. The fourth-order valence-corrected chi connectivity index (χ4v) is 0.770. The van der Waals surface area contributed by atoms with Crippen molar-refractivity contribution in [1.29, 1.82) is 0 Å². The highest BCUT2D eigenvalue weighted by atomic mass is 16.5. The molecule has 0 saturated heterocycles. The Morgan fingerprint density at radius 3 is 2.67 bits per heavy atom. The summed E-state index contributed by atoms with van der Waals surface area (Å²) in [4.78, 5) is 0. The highest BCUT2D eigenvalue weighted by Gasteiger charge is 1.96. The molecule has 0 radical (unpaired) electrons. The molecule has 0 bridgehead atoms. The van der Waals surface area contributed by atoms with Crippen LogP contribution in [0.2, 0.25) is 0 Å². The van der Waals surface area contributed by atoms with Gasteiger partial charge in [-0.25, -0.2) is 0 Å². The number of rotatable bonds is 7. The lowest BCUT2D eigenvalue weighted by Crippen LogP contribution is -2.19. The van der Waals surface area contributed by atoms with Crippen molar-refractivity contribution in [3.05, 3.63) is 12.5 Å². The number of nitrogens with one attached hydrogen (secondary N) is 1. The van der Waals surface area contributed by atoms with Crippen LogP contribution in [-0.4, -0.2) is 26.4 Å². The molecule has 3 nitrogen and oxygen atoms in total. The lowest BCUT2D eigenvalue weighted by atomic mass is 10.4. The van der Waals surface area contributed by atoms with Crippen molar-refractivity contribution in [2.45, 2.75) is 26.4 Å². The number of hydrogen-bond acceptors (Lipinski definition) is 3. The maximum Gasteiger partial charge on any atom is 0.179 e. The lowest BCUT2D eigenvalue weighted by molar-refractivity contribution is 0.129. The van der Waals surface area contributed by atoms with Gasteiger partial charge in [-0.2, -0.15) is 0 Å². The second kappa shape index (κ2) is 6.98. The van der Waals surface area contributed by atoms with Gasteiger partial charge in [0.2, 0.25) is 0 Å². The zero-order valence-corrected chi connectivity index (χ0v) is 8.22. The highest BCUT2D eigenvalue weighted by Crippen LogP contribution is 1.95. The summed E-state index contributed by atoms with van der Waals surface area (Å²) in [5.41, 5.74) is 0. The maximum atomic E-state index is 5.28. The first kappa shape index (κ1) is 11.3. The van der Waals surface area contributed by atoms with E-state index in [-0.39, 0.29) is 6.10 Å². The second-order valence-electron chi connectivity index (χ2n) is 2.86. The summed E-state index contributed by atoms with van der Waals surface area (Å²) >= 11 is 0. The molecule has 0 aromatic carbocycles. The van der Waals surface area contributed by atoms with Gasteiger partial charge in [-0.1, -0.05) is 0 Å². The van der Waals surface area contributed by atoms with Gasteiger partial charge in [0.25, 0.3) is 0 Å². The molecular weight excluding hydrogens is 154 g/mol. The summed E-state index contributed by atoms with van der Waals surface area (Å²) < 4.78 is 10.2. The van der Waals surface area contributed by atoms with Gasteiger partial charge in [-0.3, -0.25) is 0 Å². The number of hydrogen-bond donors (Lipinski definition) is 1. The molecule has 72 valence electrons. The fourth-order valence-electron chi connectivity index (χ4n) is 0.770. The third-order valence-electron chi connectivity index (χ3n) is 1.23. The first-order valence-corrected chi connectivity index (χ1v) is 4.25. The van der Waals surface area contributed by atoms with Crippen LogP contribution in [0.5, 0.6) is 0 Å². The Morgan fingerprint density at radius 1 is 1.50 bits per heavy atom. The molecule has 12 heavy (non-hydrogen) atoms. The summed E-state index contributed by atoms with van der Waals surface area (Å²) in [6, 6.07) is 0. The largest absolute Gasteiger partial charge is 0.477 e. The molecule has 0 aromatic heterocycles. The van der Waals surface area contributed by atoms with Crippen LogP contribution in [0.3, 0.4) is 0 Å². The third-order valence-corrected chi connectivity index (χ3v) is 1.23. The molecule has 0 aliphatic heterocycles. The van der Waals surface area contributed by atoms with Gasteiger partial charge < -0.3 is 14.8 Å². The Balaban J connectivity index is 3.20. The lowest BCUT2D eigenvalue weighted by Gasteiger charge is -2.13. The molecule has 0 rings (SSSR count). The first-order chi connectivity index (χ1) is 5.66. The molecule has 0 aliphatic carbocycles. The van der Waals surface area contributed by atoms with E-state index < -0.39 is 0 Å². The molecule has 0 heterocycles. The minimum absolute atomic E-state index is 0.187. The van der Waals surface area contributed by atoms with Crippen LogP contribution in [0.4, 0.5) is 0 Å². The molecule has 0 unspecified atom stereocenters. The van der Waals surface area contributed by atoms with Crippen LogP contribution in [0.15, 0.2) is 12.5 Å². The summed E-state index contributed by atoms with van der Waals surface area (Å²) in [6.45, 7) is 9.28. The predicted molar refractivity (Wildman–Crippen MR) is 49.9 cm³/mol. The van der Waals surface area contributed by atoms with Crippen LogP contribution in [0.1, 0.15) is 20.3 Å². The molecule has 1 N–H and O–H groups in total. The Hall–Kier alpha value is -0.700. The molecule has 0 aliphatic rings. The highest BCUT2D eigenvalue weighted by molar-refractivity contribution is 4.79. The zero-order chi connectivity index (χ0) is 9.40. The van der Waals surface area contributed by atoms with Crippen molar-refractivity contribution >= 4 is 0 Å². The van der Waals surface area contributed by atoms with Crippen molar-refractivity contribution in [3.63, 3.8) is 0 Å². The quantitative estimate of drug-likeness (QED) is 0.467. The minimum atomic E-state index is 0.187. The van der Waals surface area contributed by atoms with E-state index in [2.05, 4.69) is 11.9 Å². The van der Waals surface area contributed by atoms with E-state index in [0.717, 1.165) is 19.6 Å². The van der Waals surface area contributed by atoms with Crippen molar-refractivity contribution in [2.24, 2.45) is 0 Å². The van der Waals surface area contributed by atoms with Crippen LogP contribution in [0.25, 0.3) is 0 Å². The summed E-state index contributed by atoms with van der Waals surface area (Å²) in [7, 11) is 1.69. The molecular formula is C9H19NO2. The normalized spacial score (nSPS) is 10.0. The van der Waals surface area contributed by atoms with Gasteiger partial charge in [-0.15, -0.1) is 0 Å². The summed E-state index contributed by atoms with van der Waals surface area (Å²) in [5.74, 6) is 0.640. The van der Waals surface area contributed by atoms with E-state index in [0.29, 0.717) is 5.88 Å². The fraction of sp³-hybridized carbons (Fsp3) is 0.778. The van der Waals surface area contributed by atoms with E-state index in [4.69, 9.17) is 9.47 Å². The average Bonchev–Trinajstić information content (AvgIpc) is 1.97. The standard InChI is InChI=1S/C9H19NO2/c1-8(2)12-9(3)10-6-5-7-11-4/h8,10H,3,5-7H2,1-2,4H3. The minimum Gasteiger partial charge on any atom is -0.477 e. The van der Waals surface area contributed by atoms with E-state index in [1.165, 1.54) is 0 Å².